The summed E-state index contributed by atoms with van der Waals surface area (Å²) in [7, 11) is 0. The Balaban J connectivity index is 2.95. The molecule has 0 radical (unpaired) electrons. The fourth-order valence-electron chi connectivity index (χ4n) is 0.816. The summed E-state index contributed by atoms with van der Waals surface area (Å²) in [6, 6.07) is 4.26. The standard InChI is InChI=1S/C8H8FNO/c9-7-2-1-6(3-4-11)5-8(7)10/h1-2,4-5H,3,10H2. The number of halogens is 1. The molecule has 0 aliphatic carbocycles. The van der Waals surface area contributed by atoms with Crippen LogP contribution >= 0.6 is 0 Å². The number of hydrogen-bond acceptors (Lipinski definition) is 2. The van der Waals surface area contributed by atoms with E-state index in [9.17, 15) is 9.18 Å². The number of aldehydes is 1. The van der Waals surface area contributed by atoms with Gasteiger partial charge in [0.2, 0.25) is 0 Å². The molecule has 2 N–H and O–H groups in total. The summed E-state index contributed by atoms with van der Waals surface area (Å²) < 4.78 is 12.5. The number of benzene rings is 1. The monoisotopic (exact) mass is 153 g/mol. The number of nitrogens with two attached hydrogens (primary N) is 1. The molecule has 0 atom stereocenters. The Morgan fingerprint density at radius 2 is 2.27 bits per heavy atom. The van der Waals surface area contributed by atoms with Crippen molar-refractivity contribution in [2.45, 2.75) is 6.42 Å². The number of carbonyl (C=O) groups excluding carboxylic acids is 1. The van der Waals surface area contributed by atoms with Gasteiger partial charge in [0.1, 0.15) is 12.1 Å². The third-order valence-electron chi connectivity index (χ3n) is 1.38. The van der Waals surface area contributed by atoms with Crippen molar-refractivity contribution in [2.24, 2.45) is 0 Å². The summed E-state index contributed by atoms with van der Waals surface area (Å²) in [6.45, 7) is 0. The zero-order valence-corrected chi connectivity index (χ0v) is 5.88. The first-order valence-corrected chi connectivity index (χ1v) is 3.21. The Kier molecular flexibility index (Phi) is 2.21. The van der Waals surface area contributed by atoms with Crippen LogP contribution in [0.5, 0.6) is 0 Å². The lowest BCUT2D eigenvalue weighted by Gasteiger charge is -1.97. The van der Waals surface area contributed by atoms with Crippen LogP contribution in [0.2, 0.25) is 0 Å². The van der Waals surface area contributed by atoms with E-state index in [1.54, 1.807) is 6.07 Å². The summed E-state index contributed by atoms with van der Waals surface area (Å²) in [5.41, 5.74) is 6.08. The molecule has 0 heterocycles. The number of rotatable bonds is 2. The normalized spacial score (nSPS) is 9.55. The van der Waals surface area contributed by atoms with Crippen LogP contribution in [0.4, 0.5) is 10.1 Å². The quantitative estimate of drug-likeness (QED) is 0.511. The molecule has 0 bridgehead atoms. The van der Waals surface area contributed by atoms with Gasteiger partial charge in [0.15, 0.2) is 0 Å². The van der Waals surface area contributed by atoms with Crippen molar-refractivity contribution in [3.8, 4) is 0 Å². The molecule has 3 heteroatoms. The second-order valence-corrected chi connectivity index (χ2v) is 2.23. The van der Waals surface area contributed by atoms with Crippen LogP contribution in [0.1, 0.15) is 5.56 Å². The lowest BCUT2D eigenvalue weighted by Crippen LogP contribution is -1.93. The van der Waals surface area contributed by atoms with Crippen LogP contribution in [-0.2, 0) is 11.2 Å². The minimum absolute atomic E-state index is 0.0874. The second-order valence-electron chi connectivity index (χ2n) is 2.23. The lowest BCUT2D eigenvalue weighted by molar-refractivity contribution is -0.107. The van der Waals surface area contributed by atoms with Crippen LogP contribution in [0.25, 0.3) is 0 Å². The molecular weight excluding hydrogens is 145 g/mol. The Hall–Kier alpha value is -1.38. The first kappa shape index (κ1) is 7.72. The predicted octanol–water partition coefficient (Wildman–Crippen LogP) is 1.15. The molecule has 0 aliphatic rings. The van der Waals surface area contributed by atoms with Gasteiger partial charge < -0.3 is 10.5 Å². The SMILES string of the molecule is Nc1cc(CC=O)ccc1F. The van der Waals surface area contributed by atoms with Crippen LogP contribution in [0.15, 0.2) is 18.2 Å². The molecule has 0 aromatic heterocycles. The molecule has 11 heavy (non-hydrogen) atoms. The lowest BCUT2D eigenvalue weighted by atomic mass is 10.1. The molecule has 58 valence electrons. The van der Waals surface area contributed by atoms with Gasteiger partial charge in [0.05, 0.1) is 5.69 Å². The number of anilines is 1. The summed E-state index contributed by atoms with van der Waals surface area (Å²) in [5.74, 6) is -0.445. The molecule has 0 fully saturated rings. The molecule has 0 spiro atoms. The summed E-state index contributed by atoms with van der Waals surface area (Å²) >= 11 is 0. The Morgan fingerprint density at radius 1 is 1.55 bits per heavy atom. The van der Waals surface area contributed by atoms with Gasteiger partial charge in [0, 0.05) is 6.42 Å². The van der Waals surface area contributed by atoms with Crippen LogP contribution < -0.4 is 5.73 Å². The van der Waals surface area contributed by atoms with E-state index in [0.29, 0.717) is 0 Å². The van der Waals surface area contributed by atoms with Gasteiger partial charge in [-0.1, -0.05) is 6.07 Å². The summed E-state index contributed by atoms with van der Waals surface area (Å²) in [4.78, 5) is 10.0. The zero-order valence-electron chi connectivity index (χ0n) is 5.88. The summed E-state index contributed by atoms with van der Waals surface area (Å²) in [6.07, 6.45) is 1.04. The van der Waals surface area contributed by atoms with E-state index in [-0.39, 0.29) is 12.1 Å². The number of nitrogen functional groups attached to an aromatic ring is 1. The van der Waals surface area contributed by atoms with Crippen molar-refractivity contribution in [1.29, 1.82) is 0 Å². The Bertz CT molecular complexity index is 273. The summed E-state index contributed by atoms with van der Waals surface area (Å²) in [5, 5.41) is 0. The van der Waals surface area contributed by atoms with Crippen LogP contribution in [0, 0.1) is 5.82 Å². The van der Waals surface area contributed by atoms with Crippen LogP contribution in [0.3, 0.4) is 0 Å². The number of carbonyl (C=O) groups is 1. The fourth-order valence-corrected chi connectivity index (χ4v) is 0.816. The molecule has 1 aromatic carbocycles. The largest absolute Gasteiger partial charge is 0.396 e. The highest BCUT2D eigenvalue weighted by Gasteiger charge is 1.97. The molecule has 0 saturated carbocycles. The van der Waals surface area contributed by atoms with Crippen molar-refractivity contribution >= 4 is 12.0 Å². The van der Waals surface area contributed by atoms with Crippen molar-refractivity contribution < 1.29 is 9.18 Å². The van der Waals surface area contributed by atoms with E-state index < -0.39 is 5.82 Å². The van der Waals surface area contributed by atoms with Gasteiger partial charge in [-0.2, -0.15) is 0 Å². The number of hydrogen-bond donors (Lipinski definition) is 1. The first-order valence-electron chi connectivity index (χ1n) is 3.21. The Morgan fingerprint density at radius 3 is 2.82 bits per heavy atom. The van der Waals surface area contributed by atoms with Crippen molar-refractivity contribution in [2.75, 3.05) is 5.73 Å². The molecule has 0 amide bonds. The molecular formula is C8H8FNO. The maximum absolute atomic E-state index is 12.5. The highest BCUT2D eigenvalue weighted by atomic mass is 19.1. The minimum Gasteiger partial charge on any atom is -0.396 e. The van der Waals surface area contributed by atoms with E-state index >= 15 is 0 Å². The fraction of sp³-hybridized carbons (Fsp3) is 0.125. The third-order valence-corrected chi connectivity index (χ3v) is 1.38. The molecule has 0 unspecified atom stereocenters. The van der Waals surface area contributed by atoms with E-state index in [2.05, 4.69) is 0 Å². The Labute approximate surface area is 63.8 Å². The second kappa shape index (κ2) is 3.14. The maximum atomic E-state index is 12.5. The van der Waals surface area contributed by atoms with Crippen molar-refractivity contribution in [1.82, 2.24) is 0 Å². The molecule has 2 nitrogen and oxygen atoms in total. The van der Waals surface area contributed by atoms with E-state index in [1.807, 2.05) is 0 Å². The average molecular weight is 153 g/mol. The third kappa shape index (κ3) is 1.77. The predicted molar refractivity (Wildman–Crippen MR) is 40.6 cm³/mol. The highest BCUT2D eigenvalue weighted by Crippen LogP contribution is 2.11. The first-order chi connectivity index (χ1) is 5.24. The van der Waals surface area contributed by atoms with E-state index in [1.165, 1.54) is 12.1 Å². The van der Waals surface area contributed by atoms with Gasteiger partial charge in [-0.05, 0) is 17.7 Å². The molecule has 0 aliphatic heterocycles. The maximum Gasteiger partial charge on any atom is 0.146 e. The van der Waals surface area contributed by atoms with Gasteiger partial charge >= 0.3 is 0 Å². The van der Waals surface area contributed by atoms with Gasteiger partial charge in [-0.25, -0.2) is 4.39 Å². The topological polar surface area (TPSA) is 43.1 Å². The highest BCUT2D eigenvalue weighted by molar-refractivity contribution is 5.56. The van der Waals surface area contributed by atoms with Crippen LogP contribution in [-0.4, -0.2) is 6.29 Å². The van der Waals surface area contributed by atoms with Crippen molar-refractivity contribution in [3.63, 3.8) is 0 Å². The van der Waals surface area contributed by atoms with Gasteiger partial charge in [-0.15, -0.1) is 0 Å². The van der Waals surface area contributed by atoms with Gasteiger partial charge in [-0.3, -0.25) is 0 Å². The van der Waals surface area contributed by atoms with E-state index in [4.69, 9.17) is 5.73 Å². The van der Waals surface area contributed by atoms with E-state index in [0.717, 1.165) is 11.8 Å². The average Bonchev–Trinajstić information content (AvgIpc) is 1.98. The molecule has 1 aromatic rings. The smallest absolute Gasteiger partial charge is 0.146 e. The van der Waals surface area contributed by atoms with Crippen molar-refractivity contribution in [3.05, 3.63) is 29.6 Å². The molecule has 1 rings (SSSR count). The minimum atomic E-state index is -0.445. The zero-order chi connectivity index (χ0) is 8.27. The van der Waals surface area contributed by atoms with Gasteiger partial charge in [0.25, 0.3) is 0 Å². The molecule has 0 saturated heterocycles.